The number of urea groups is 1. The molecule has 1 fully saturated rings. The van der Waals surface area contributed by atoms with Crippen molar-refractivity contribution < 1.29 is 19.4 Å². The number of hydrogen-bond acceptors (Lipinski definition) is 3. The van der Waals surface area contributed by atoms with Crippen LogP contribution in [0.25, 0.3) is 0 Å². The zero-order valence-electron chi connectivity index (χ0n) is 11.8. The smallest absolute Gasteiger partial charge is 0.326 e. The summed E-state index contributed by atoms with van der Waals surface area (Å²) in [7, 11) is 1.50. The van der Waals surface area contributed by atoms with Crippen LogP contribution in [0, 0.1) is 5.92 Å². The van der Waals surface area contributed by atoms with Crippen LogP contribution in [-0.4, -0.2) is 41.7 Å². The number of nitrogens with zero attached hydrogens (tertiary/aromatic N) is 1. The summed E-state index contributed by atoms with van der Waals surface area (Å²) >= 11 is 5.99. The molecule has 2 N–H and O–H groups in total. The van der Waals surface area contributed by atoms with Crippen molar-refractivity contribution in [3.63, 3.8) is 0 Å². The van der Waals surface area contributed by atoms with Gasteiger partial charge in [0, 0.05) is 12.2 Å². The van der Waals surface area contributed by atoms with Crippen LogP contribution in [0.3, 0.4) is 0 Å². The van der Waals surface area contributed by atoms with E-state index in [2.05, 4.69) is 5.32 Å². The third kappa shape index (κ3) is 3.21. The minimum atomic E-state index is -0.983. The molecule has 0 aromatic heterocycles. The normalized spacial score (nSPS) is 21.2. The number of aliphatic carboxylic acids is 1. The summed E-state index contributed by atoms with van der Waals surface area (Å²) in [5.41, 5.74) is 0.495. The Labute approximate surface area is 127 Å². The molecule has 1 aliphatic heterocycles. The highest BCUT2D eigenvalue weighted by Crippen LogP contribution is 2.29. The number of nitrogens with one attached hydrogen (secondary N) is 1. The largest absolute Gasteiger partial charge is 0.495 e. The lowest BCUT2D eigenvalue weighted by Gasteiger charge is -2.23. The number of carboxylic acids is 1. The second kappa shape index (κ2) is 6.22. The van der Waals surface area contributed by atoms with Gasteiger partial charge in [0.25, 0.3) is 0 Å². The molecule has 0 bridgehead atoms. The molecule has 6 nitrogen and oxygen atoms in total. The Morgan fingerprint density at radius 2 is 2.19 bits per heavy atom. The first-order chi connectivity index (χ1) is 9.93. The van der Waals surface area contributed by atoms with E-state index in [4.69, 9.17) is 16.3 Å². The third-order valence-electron chi connectivity index (χ3n) is 3.62. The molecule has 1 aliphatic rings. The van der Waals surface area contributed by atoms with E-state index in [1.54, 1.807) is 18.2 Å². The molecule has 0 radical (unpaired) electrons. The number of anilines is 1. The van der Waals surface area contributed by atoms with E-state index in [9.17, 15) is 14.7 Å². The van der Waals surface area contributed by atoms with Crippen molar-refractivity contribution in [1.82, 2.24) is 4.90 Å². The highest BCUT2D eigenvalue weighted by molar-refractivity contribution is 6.32. The maximum atomic E-state index is 12.2. The minimum Gasteiger partial charge on any atom is -0.495 e. The molecule has 1 heterocycles. The zero-order valence-corrected chi connectivity index (χ0v) is 12.6. The van der Waals surface area contributed by atoms with Crippen molar-refractivity contribution in [2.24, 2.45) is 5.92 Å². The fourth-order valence-corrected chi connectivity index (χ4v) is 2.75. The topological polar surface area (TPSA) is 78.9 Å². The summed E-state index contributed by atoms with van der Waals surface area (Å²) < 4.78 is 5.03. The van der Waals surface area contributed by atoms with Crippen LogP contribution in [0.15, 0.2) is 18.2 Å². The van der Waals surface area contributed by atoms with Crippen molar-refractivity contribution in [2.45, 2.75) is 19.4 Å². The summed E-state index contributed by atoms with van der Waals surface area (Å²) in [5, 5.41) is 12.3. The molecule has 0 saturated carbocycles. The van der Waals surface area contributed by atoms with Gasteiger partial charge in [-0.2, -0.15) is 0 Å². The number of carboxylic acid groups (broad SMARTS) is 1. The first-order valence-corrected chi connectivity index (χ1v) is 6.95. The summed E-state index contributed by atoms with van der Waals surface area (Å²) in [6.45, 7) is 2.25. The van der Waals surface area contributed by atoms with Gasteiger partial charge in [0.15, 0.2) is 0 Å². The molecule has 21 heavy (non-hydrogen) atoms. The van der Waals surface area contributed by atoms with E-state index in [1.807, 2.05) is 6.92 Å². The molecule has 1 saturated heterocycles. The lowest BCUT2D eigenvalue weighted by Crippen LogP contribution is -2.44. The Bertz CT molecular complexity index is 564. The van der Waals surface area contributed by atoms with Gasteiger partial charge >= 0.3 is 12.0 Å². The number of ether oxygens (including phenoxy) is 1. The van der Waals surface area contributed by atoms with E-state index in [1.165, 1.54) is 12.0 Å². The van der Waals surface area contributed by atoms with E-state index in [0.29, 0.717) is 29.4 Å². The van der Waals surface area contributed by atoms with Gasteiger partial charge in [-0.25, -0.2) is 9.59 Å². The second-order valence-corrected chi connectivity index (χ2v) is 5.43. The summed E-state index contributed by atoms with van der Waals surface area (Å²) in [4.78, 5) is 24.8. The molecule has 2 unspecified atom stereocenters. The van der Waals surface area contributed by atoms with Gasteiger partial charge in [0.2, 0.25) is 0 Å². The summed E-state index contributed by atoms with van der Waals surface area (Å²) in [5.74, 6) is -0.538. The average molecular weight is 313 g/mol. The zero-order chi connectivity index (χ0) is 15.6. The number of methoxy groups -OCH3 is 1. The van der Waals surface area contributed by atoms with E-state index < -0.39 is 18.0 Å². The van der Waals surface area contributed by atoms with Gasteiger partial charge in [-0.3, -0.25) is 0 Å². The molecule has 1 aromatic carbocycles. The fraction of sp³-hybridized carbons (Fsp3) is 0.429. The Kier molecular flexibility index (Phi) is 4.57. The maximum Gasteiger partial charge on any atom is 0.326 e. The lowest BCUT2D eigenvalue weighted by atomic mass is 10.0. The Morgan fingerprint density at radius 3 is 2.76 bits per heavy atom. The Morgan fingerprint density at radius 1 is 1.48 bits per heavy atom. The number of amides is 2. The Hall–Kier alpha value is -1.95. The van der Waals surface area contributed by atoms with Crippen molar-refractivity contribution in [3.05, 3.63) is 23.2 Å². The number of rotatable bonds is 3. The van der Waals surface area contributed by atoms with Gasteiger partial charge in [0.05, 0.1) is 12.1 Å². The van der Waals surface area contributed by atoms with Crippen LogP contribution in [0.5, 0.6) is 5.75 Å². The molecule has 2 amide bonds. The average Bonchev–Trinajstić information content (AvgIpc) is 2.81. The number of hydrogen-bond donors (Lipinski definition) is 2. The van der Waals surface area contributed by atoms with E-state index in [-0.39, 0.29) is 5.92 Å². The number of carbonyl (C=O) groups excluding carboxylic acids is 1. The van der Waals surface area contributed by atoms with Crippen LogP contribution in [-0.2, 0) is 4.79 Å². The summed E-state index contributed by atoms with van der Waals surface area (Å²) in [6, 6.07) is 3.62. The van der Waals surface area contributed by atoms with Gasteiger partial charge in [0.1, 0.15) is 11.8 Å². The van der Waals surface area contributed by atoms with E-state index in [0.717, 1.165) is 0 Å². The van der Waals surface area contributed by atoms with Crippen molar-refractivity contribution in [1.29, 1.82) is 0 Å². The quantitative estimate of drug-likeness (QED) is 0.899. The first-order valence-electron chi connectivity index (χ1n) is 6.58. The van der Waals surface area contributed by atoms with Gasteiger partial charge in [-0.05, 0) is 30.5 Å². The second-order valence-electron chi connectivity index (χ2n) is 5.02. The van der Waals surface area contributed by atoms with Crippen molar-refractivity contribution in [3.8, 4) is 5.75 Å². The van der Waals surface area contributed by atoms with Crippen LogP contribution in [0.4, 0.5) is 10.5 Å². The van der Waals surface area contributed by atoms with Crippen molar-refractivity contribution in [2.75, 3.05) is 19.0 Å². The molecular weight excluding hydrogens is 296 g/mol. The minimum absolute atomic E-state index is 0.0623. The van der Waals surface area contributed by atoms with Gasteiger partial charge < -0.3 is 20.1 Å². The molecule has 2 rings (SSSR count). The predicted octanol–water partition coefficient (Wildman–Crippen LogP) is 2.68. The molecule has 114 valence electrons. The molecule has 7 heteroatoms. The number of benzene rings is 1. The van der Waals surface area contributed by atoms with Gasteiger partial charge in [-0.15, -0.1) is 0 Å². The van der Waals surface area contributed by atoms with Crippen LogP contribution in [0.1, 0.15) is 13.3 Å². The summed E-state index contributed by atoms with van der Waals surface area (Å²) in [6.07, 6.45) is 0.674. The molecule has 0 spiro atoms. The highest BCUT2D eigenvalue weighted by Gasteiger charge is 2.39. The lowest BCUT2D eigenvalue weighted by molar-refractivity contribution is -0.142. The maximum absolute atomic E-state index is 12.2. The Balaban J connectivity index is 2.11. The molecular formula is C14H17ClN2O4. The highest BCUT2D eigenvalue weighted by atomic mass is 35.5. The predicted molar refractivity (Wildman–Crippen MR) is 78.9 cm³/mol. The SMILES string of the molecule is COc1ccc(NC(=O)N2CCC(C)C2C(=O)O)cc1Cl. The molecule has 1 aromatic rings. The first kappa shape index (κ1) is 15.4. The monoisotopic (exact) mass is 312 g/mol. The van der Waals surface area contributed by atoms with E-state index >= 15 is 0 Å². The number of carbonyl (C=O) groups is 2. The fourth-order valence-electron chi connectivity index (χ4n) is 2.49. The van der Waals surface area contributed by atoms with Gasteiger partial charge in [-0.1, -0.05) is 18.5 Å². The standard InChI is InChI=1S/C14H17ClN2O4/c1-8-5-6-17(12(8)13(18)19)14(20)16-9-3-4-11(21-2)10(15)7-9/h3-4,7-8,12H,5-6H2,1-2H3,(H,16,20)(H,18,19). The number of halogens is 1. The molecule has 0 aliphatic carbocycles. The number of likely N-dealkylation sites (tertiary alicyclic amines) is 1. The van der Waals surface area contributed by atoms with Crippen molar-refractivity contribution >= 4 is 29.3 Å². The van der Waals surface area contributed by atoms with Crippen LogP contribution in [0.2, 0.25) is 5.02 Å². The molecule has 2 atom stereocenters. The third-order valence-corrected chi connectivity index (χ3v) is 3.91. The van der Waals surface area contributed by atoms with Crippen LogP contribution < -0.4 is 10.1 Å². The van der Waals surface area contributed by atoms with Crippen LogP contribution >= 0.6 is 11.6 Å².